The summed E-state index contributed by atoms with van der Waals surface area (Å²) < 4.78 is 1.89. The fourth-order valence-electron chi connectivity index (χ4n) is 3.02. The van der Waals surface area contributed by atoms with Crippen molar-refractivity contribution in [3.05, 3.63) is 94.3 Å². The average Bonchev–Trinajstić information content (AvgIpc) is 3.41. The van der Waals surface area contributed by atoms with Crippen LogP contribution in [0.15, 0.2) is 88.6 Å². The van der Waals surface area contributed by atoms with E-state index in [2.05, 4.69) is 73.7 Å². The molecule has 152 valence electrons. The van der Waals surface area contributed by atoms with Crippen molar-refractivity contribution < 1.29 is 0 Å². The van der Waals surface area contributed by atoms with Crippen molar-refractivity contribution in [3.63, 3.8) is 0 Å². The molecule has 0 unspecified atom stereocenters. The van der Waals surface area contributed by atoms with Gasteiger partial charge in [-0.1, -0.05) is 93.2 Å². The maximum absolute atomic E-state index is 4.87. The Labute approximate surface area is 186 Å². The Morgan fingerprint density at radius 1 is 1.00 bits per heavy atom. The molecule has 0 aliphatic carbocycles. The summed E-state index contributed by atoms with van der Waals surface area (Å²) in [4.78, 5) is 5.99. The number of aromatic nitrogens is 2. The highest BCUT2D eigenvalue weighted by molar-refractivity contribution is 7.98. The summed E-state index contributed by atoms with van der Waals surface area (Å²) >= 11 is 3.38. The third-order valence-corrected chi connectivity index (χ3v) is 6.59. The Bertz CT molecular complexity index is 1100. The van der Waals surface area contributed by atoms with Crippen molar-refractivity contribution >= 4 is 29.3 Å². The zero-order chi connectivity index (χ0) is 21.0. The van der Waals surface area contributed by atoms with Gasteiger partial charge in [-0.25, -0.2) is 9.66 Å². The van der Waals surface area contributed by atoms with E-state index in [9.17, 15) is 0 Å². The Morgan fingerprint density at radius 3 is 2.43 bits per heavy atom. The first-order valence-electron chi connectivity index (χ1n) is 9.94. The van der Waals surface area contributed by atoms with Crippen LogP contribution in [0.4, 0.5) is 0 Å². The van der Waals surface area contributed by atoms with Crippen molar-refractivity contribution in [3.8, 4) is 11.3 Å². The van der Waals surface area contributed by atoms with Gasteiger partial charge in [-0.05, 0) is 28.0 Å². The lowest BCUT2D eigenvalue weighted by Crippen LogP contribution is -2.10. The van der Waals surface area contributed by atoms with Crippen LogP contribution in [0.3, 0.4) is 0 Å². The fraction of sp³-hybridized carbons (Fsp3) is 0.200. The van der Waals surface area contributed by atoms with Crippen LogP contribution in [-0.2, 0) is 11.2 Å². The van der Waals surface area contributed by atoms with Gasteiger partial charge in [-0.3, -0.25) is 0 Å². The Kier molecular flexibility index (Phi) is 6.21. The molecular weight excluding hydrogens is 406 g/mol. The second-order valence-corrected chi connectivity index (χ2v) is 10.0. The third kappa shape index (κ3) is 5.10. The second kappa shape index (κ2) is 9.02. The quantitative estimate of drug-likeness (QED) is 0.241. The second-order valence-electron chi connectivity index (χ2n) is 8.11. The minimum Gasteiger partial charge on any atom is -0.221 e. The number of rotatable bonds is 6. The average molecular weight is 432 g/mol. The van der Waals surface area contributed by atoms with Gasteiger partial charge in [0.1, 0.15) is 0 Å². The molecule has 30 heavy (non-hydrogen) atoms. The van der Waals surface area contributed by atoms with E-state index >= 15 is 0 Å². The molecule has 2 heterocycles. The highest BCUT2D eigenvalue weighted by atomic mass is 32.2. The van der Waals surface area contributed by atoms with Crippen LogP contribution in [0.5, 0.6) is 0 Å². The van der Waals surface area contributed by atoms with Gasteiger partial charge in [0, 0.05) is 16.2 Å². The molecule has 4 rings (SSSR count). The lowest BCUT2D eigenvalue weighted by atomic mass is 9.87. The number of nitrogens with zero attached hydrogens (tertiary/aromatic N) is 3. The van der Waals surface area contributed by atoms with Crippen LogP contribution < -0.4 is 0 Å². The summed E-state index contributed by atoms with van der Waals surface area (Å²) in [6, 6.07) is 23.2. The first-order valence-corrected chi connectivity index (χ1v) is 11.8. The number of hydrogen-bond acceptors (Lipinski definition) is 4. The molecule has 0 aliphatic rings. The summed E-state index contributed by atoms with van der Waals surface area (Å²) in [5.74, 6) is 0.851. The van der Waals surface area contributed by atoms with Crippen molar-refractivity contribution in [1.29, 1.82) is 0 Å². The Balaban J connectivity index is 1.57. The summed E-state index contributed by atoms with van der Waals surface area (Å²) in [5, 5.41) is 7.62. The van der Waals surface area contributed by atoms with E-state index in [-0.39, 0.29) is 5.41 Å². The van der Waals surface area contributed by atoms with Gasteiger partial charge >= 0.3 is 0 Å². The third-order valence-electron chi connectivity index (χ3n) is 4.77. The number of imidazole rings is 1. The van der Waals surface area contributed by atoms with Crippen LogP contribution in [0.1, 0.15) is 36.8 Å². The summed E-state index contributed by atoms with van der Waals surface area (Å²) in [6.45, 7) is 6.72. The summed E-state index contributed by atoms with van der Waals surface area (Å²) in [5.41, 5.74) is 4.84. The van der Waals surface area contributed by atoms with Crippen molar-refractivity contribution in [2.24, 2.45) is 5.10 Å². The van der Waals surface area contributed by atoms with Crippen LogP contribution in [0, 0.1) is 0 Å². The van der Waals surface area contributed by atoms with E-state index in [0.29, 0.717) is 0 Å². The molecule has 0 spiro atoms. The van der Waals surface area contributed by atoms with Crippen molar-refractivity contribution in [1.82, 2.24) is 9.66 Å². The highest BCUT2D eigenvalue weighted by Gasteiger charge is 2.14. The Morgan fingerprint density at radius 2 is 1.77 bits per heavy atom. The normalized spacial score (nSPS) is 12.0. The van der Waals surface area contributed by atoms with Crippen LogP contribution in [0.2, 0.25) is 0 Å². The number of thiophene rings is 1. The van der Waals surface area contributed by atoms with E-state index in [1.807, 2.05) is 41.4 Å². The van der Waals surface area contributed by atoms with Gasteiger partial charge < -0.3 is 0 Å². The van der Waals surface area contributed by atoms with Crippen molar-refractivity contribution in [2.45, 2.75) is 37.1 Å². The molecule has 5 heteroatoms. The molecule has 0 atom stereocenters. The number of hydrogen-bond donors (Lipinski definition) is 0. The van der Waals surface area contributed by atoms with Gasteiger partial charge in [-0.15, -0.1) is 11.3 Å². The molecule has 0 saturated carbocycles. The predicted molar refractivity (Wildman–Crippen MR) is 130 cm³/mol. The van der Waals surface area contributed by atoms with E-state index in [4.69, 9.17) is 4.98 Å². The molecule has 0 N–H and O–H groups in total. The highest BCUT2D eigenvalue weighted by Crippen LogP contribution is 2.28. The minimum absolute atomic E-state index is 0.170. The van der Waals surface area contributed by atoms with Crippen LogP contribution >= 0.6 is 23.1 Å². The van der Waals surface area contributed by atoms with Crippen LogP contribution in [-0.4, -0.2) is 15.9 Å². The van der Waals surface area contributed by atoms with E-state index < -0.39 is 0 Å². The summed E-state index contributed by atoms with van der Waals surface area (Å²) in [6.07, 6.45) is 3.90. The lowest BCUT2D eigenvalue weighted by Gasteiger charge is -2.19. The largest absolute Gasteiger partial charge is 0.221 e. The molecule has 0 amide bonds. The first-order chi connectivity index (χ1) is 14.5. The monoisotopic (exact) mass is 431 g/mol. The van der Waals surface area contributed by atoms with Gasteiger partial charge in [0.25, 0.3) is 0 Å². The molecule has 3 nitrogen and oxygen atoms in total. The fourth-order valence-corrected chi connectivity index (χ4v) is 4.48. The van der Waals surface area contributed by atoms with Crippen molar-refractivity contribution in [2.75, 3.05) is 0 Å². The molecule has 2 aromatic carbocycles. The molecule has 0 fully saturated rings. The topological polar surface area (TPSA) is 30.2 Å². The molecule has 0 saturated heterocycles. The molecule has 4 aromatic rings. The van der Waals surface area contributed by atoms with Gasteiger partial charge in [0.15, 0.2) is 5.16 Å². The zero-order valence-electron chi connectivity index (χ0n) is 17.4. The standard InChI is InChI=1S/C25H25N3S2/c1-25(2,3)21-13-11-19(12-14-21)18-30-24-27-23(20-8-5-4-6-9-20)17-28(24)26-16-22-10-7-15-29-22/h4-17H,18H2,1-3H3/b26-16+. The molecule has 0 aliphatic heterocycles. The first kappa shape index (κ1) is 20.6. The van der Waals surface area contributed by atoms with Gasteiger partial charge in [0.2, 0.25) is 0 Å². The zero-order valence-corrected chi connectivity index (χ0v) is 19.1. The number of thioether (sulfide) groups is 1. The maximum atomic E-state index is 4.87. The van der Waals surface area contributed by atoms with Crippen LogP contribution in [0.25, 0.3) is 11.3 Å². The van der Waals surface area contributed by atoms with Gasteiger partial charge in [-0.2, -0.15) is 5.10 Å². The smallest absolute Gasteiger partial charge is 0.189 e. The SMILES string of the molecule is CC(C)(C)c1ccc(CSc2nc(-c3ccccc3)cn2/N=C/c2cccs2)cc1. The molecule has 0 bridgehead atoms. The molecular formula is C25H25N3S2. The maximum Gasteiger partial charge on any atom is 0.189 e. The molecule has 2 aromatic heterocycles. The Hall–Kier alpha value is -2.63. The van der Waals surface area contributed by atoms with Gasteiger partial charge in [0.05, 0.1) is 18.1 Å². The van der Waals surface area contributed by atoms with E-state index in [1.54, 1.807) is 23.1 Å². The van der Waals surface area contributed by atoms with E-state index in [0.717, 1.165) is 27.0 Å². The van der Waals surface area contributed by atoms with E-state index in [1.165, 1.54) is 11.1 Å². The summed E-state index contributed by atoms with van der Waals surface area (Å²) in [7, 11) is 0. The lowest BCUT2D eigenvalue weighted by molar-refractivity contribution is 0.590. The number of benzene rings is 2. The molecule has 0 radical (unpaired) electrons. The minimum atomic E-state index is 0.170. The predicted octanol–water partition coefficient (Wildman–Crippen LogP) is 7.08.